The van der Waals surface area contributed by atoms with E-state index in [0.29, 0.717) is 54.6 Å². The number of carbonyl (C=O) groups excluding carboxylic acids is 2. The van der Waals surface area contributed by atoms with Crippen molar-refractivity contribution in [3.05, 3.63) is 62.7 Å². The van der Waals surface area contributed by atoms with Crippen LogP contribution in [-0.4, -0.2) is 98.6 Å². The maximum absolute atomic E-state index is 14.8. The van der Waals surface area contributed by atoms with Gasteiger partial charge in [0.25, 0.3) is 0 Å². The van der Waals surface area contributed by atoms with E-state index in [2.05, 4.69) is 34.2 Å². The Morgan fingerprint density at radius 3 is 2.44 bits per heavy atom. The molecule has 326 valence electrons. The summed E-state index contributed by atoms with van der Waals surface area (Å²) in [5.41, 5.74) is 4.26. The normalized spacial score (nSPS) is 26.1. The number of phenolic OH excluding ortho intramolecular Hbond substituents is 1. The maximum atomic E-state index is 14.8. The van der Waals surface area contributed by atoms with E-state index < -0.39 is 41.4 Å². The first-order valence-corrected chi connectivity index (χ1v) is 20.9. The highest BCUT2D eigenvalue weighted by atomic mass is 16.7. The Balaban J connectivity index is 1.24. The quantitative estimate of drug-likeness (QED) is 0.188. The molecule has 0 aromatic heterocycles. The van der Waals surface area contributed by atoms with Crippen LogP contribution in [0.15, 0.2) is 18.2 Å². The van der Waals surface area contributed by atoms with Gasteiger partial charge < -0.3 is 43.0 Å². The molecule has 15 nitrogen and oxygen atoms in total. The van der Waals surface area contributed by atoms with Crippen molar-refractivity contribution in [2.45, 2.75) is 115 Å². The van der Waals surface area contributed by atoms with Crippen molar-refractivity contribution in [3.63, 3.8) is 0 Å². The van der Waals surface area contributed by atoms with Crippen LogP contribution in [-0.2, 0) is 32.6 Å². The molecule has 1 saturated heterocycles. The van der Waals surface area contributed by atoms with E-state index in [4.69, 9.17) is 37.9 Å². The summed E-state index contributed by atoms with van der Waals surface area (Å²) in [6.07, 6.45) is 0.173. The highest BCUT2D eigenvalue weighted by Gasteiger charge is 2.59. The molecule has 3 aromatic carbocycles. The molecule has 2 bridgehead atoms. The van der Waals surface area contributed by atoms with E-state index in [9.17, 15) is 20.0 Å². The average molecular weight is 841 g/mol. The Kier molecular flexibility index (Phi) is 10.7. The van der Waals surface area contributed by atoms with Crippen molar-refractivity contribution in [1.29, 1.82) is 5.26 Å². The van der Waals surface area contributed by atoms with E-state index in [-0.39, 0.29) is 48.6 Å². The number of nitriles is 1. The van der Waals surface area contributed by atoms with E-state index in [1.54, 1.807) is 46.9 Å². The molecular weight excluding hydrogens is 785 g/mol. The molecule has 61 heavy (non-hydrogen) atoms. The second-order valence-electron chi connectivity index (χ2n) is 17.8. The van der Waals surface area contributed by atoms with Gasteiger partial charge in [0.15, 0.2) is 34.5 Å². The van der Waals surface area contributed by atoms with Crippen LogP contribution in [0, 0.1) is 25.2 Å². The summed E-state index contributed by atoms with van der Waals surface area (Å²) in [7, 11) is 5.03. The fourth-order valence-corrected chi connectivity index (χ4v) is 10.6. The topological polar surface area (TPSA) is 171 Å². The number of methoxy groups -OCH3 is 2. The van der Waals surface area contributed by atoms with Crippen LogP contribution in [0.2, 0.25) is 0 Å². The highest BCUT2D eigenvalue weighted by Crippen LogP contribution is 2.61. The van der Waals surface area contributed by atoms with Crippen molar-refractivity contribution in [1.82, 2.24) is 15.1 Å². The van der Waals surface area contributed by atoms with Crippen LogP contribution in [0.3, 0.4) is 0 Å². The van der Waals surface area contributed by atoms with Gasteiger partial charge >= 0.3 is 12.1 Å². The zero-order valence-electron chi connectivity index (χ0n) is 36.8. The summed E-state index contributed by atoms with van der Waals surface area (Å²) in [4.78, 5) is 31.9. The molecule has 0 aliphatic carbocycles. The van der Waals surface area contributed by atoms with Crippen LogP contribution in [0.25, 0.3) is 0 Å². The Morgan fingerprint density at radius 2 is 1.77 bits per heavy atom. The third-order valence-electron chi connectivity index (χ3n) is 13.1. The van der Waals surface area contributed by atoms with E-state index >= 15 is 0 Å². The van der Waals surface area contributed by atoms with Gasteiger partial charge in [-0.15, -0.1) is 0 Å². The number of nitrogens with one attached hydrogen (secondary N) is 1. The summed E-state index contributed by atoms with van der Waals surface area (Å²) < 4.78 is 47.7. The molecule has 5 aliphatic heterocycles. The minimum Gasteiger partial charge on any atom is -0.504 e. The number of carbonyl (C=O) groups is 2. The SMILES string of the molecule is CCOc1c(C)c2c(c3c1[C@@H](C)C1[C@H]4c5c(cc(C)c(OC)c5O)C[C@@H]([C@H](C#N)N1[C@H]3COC(=O)[C@]1(C)NCCc3cc(OC(=O)OC(C)(C)C)c(OC)cc31)N4C)OCO2. The number of ether oxygens (including phenoxy) is 8. The number of piperazine rings is 1. The smallest absolute Gasteiger partial charge is 0.504 e. The predicted octanol–water partition coefficient (Wildman–Crippen LogP) is 6.40. The number of fused-ring (bicyclic) bond motifs is 10. The lowest BCUT2D eigenvalue weighted by molar-refractivity contribution is -0.157. The molecule has 8 rings (SSSR count). The molecule has 2 N–H and O–H groups in total. The molecule has 0 radical (unpaired) electrons. The number of benzene rings is 3. The summed E-state index contributed by atoms with van der Waals surface area (Å²) in [6, 6.07) is 5.72. The predicted molar refractivity (Wildman–Crippen MR) is 222 cm³/mol. The van der Waals surface area contributed by atoms with Gasteiger partial charge in [-0.1, -0.05) is 13.0 Å². The van der Waals surface area contributed by atoms with Gasteiger partial charge in [0.2, 0.25) is 6.79 Å². The van der Waals surface area contributed by atoms with Gasteiger partial charge in [-0.2, -0.15) is 5.26 Å². The van der Waals surface area contributed by atoms with Crippen molar-refractivity contribution in [2.24, 2.45) is 0 Å². The third-order valence-corrected chi connectivity index (χ3v) is 13.1. The van der Waals surface area contributed by atoms with Gasteiger partial charge in [-0.05, 0) is 103 Å². The summed E-state index contributed by atoms with van der Waals surface area (Å²) in [5, 5.41) is 26.6. The van der Waals surface area contributed by atoms with Crippen molar-refractivity contribution in [3.8, 4) is 46.3 Å². The lowest BCUT2D eigenvalue weighted by atomic mass is 9.68. The van der Waals surface area contributed by atoms with Crippen LogP contribution in [0.1, 0.15) is 104 Å². The van der Waals surface area contributed by atoms with Crippen LogP contribution >= 0.6 is 0 Å². The first kappa shape index (κ1) is 42.3. The molecule has 5 aliphatic rings. The van der Waals surface area contributed by atoms with Crippen molar-refractivity contribution >= 4 is 12.1 Å². The number of aryl methyl sites for hydroxylation is 1. The van der Waals surface area contributed by atoms with Gasteiger partial charge in [0, 0.05) is 46.8 Å². The molecule has 7 atom stereocenters. The van der Waals surface area contributed by atoms with E-state index in [0.717, 1.165) is 38.9 Å². The van der Waals surface area contributed by atoms with E-state index in [1.807, 2.05) is 27.8 Å². The zero-order valence-corrected chi connectivity index (χ0v) is 36.8. The van der Waals surface area contributed by atoms with E-state index in [1.165, 1.54) is 7.11 Å². The molecule has 0 saturated carbocycles. The van der Waals surface area contributed by atoms with Crippen molar-refractivity contribution in [2.75, 3.05) is 47.8 Å². The Bertz CT molecular complexity index is 2340. The maximum Gasteiger partial charge on any atom is 0.514 e. The van der Waals surface area contributed by atoms with Crippen LogP contribution < -0.4 is 33.7 Å². The monoisotopic (exact) mass is 840 g/mol. The number of rotatable bonds is 8. The zero-order chi connectivity index (χ0) is 43.9. The number of aromatic hydroxyl groups is 1. The minimum absolute atomic E-state index is 0.00118. The molecular formula is C46H56N4O11. The van der Waals surface area contributed by atoms with Gasteiger partial charge in [0.05, 0.1) is 39.0 Å². The van der Waals surface area contributed by atoms with Gasteiger partial charge in [0.1, 0.15) is 29.5 Å². The second kappa shape index (κ2) is 15.5. The number of phenols is 1. The molecule has 1 fully saturated rings. The fourth-order valence-electron chi connectivity index (χ4n) is 10.6. The first-order valence-electron chi connectivity index (χ1n) is 20.9. The molecule has 0 spiro atoms. The van der Waals surface area contributed by atoms with Gasteiger partial charge in [-0.25, -0.2) is 9.59 Å². The Morgan fingerprint density at radius 1 is 1.03 bits per heavy atom. The average Bonchev–Trinajstić information content (AvgIpc) is 3.69. The Hall–Kier alpha value is -5.43. The molecule has 15 heteroatoms. The minimum atomic E-state index is -1.34. The lowest BCUT2D eigenvalue weighted by Crippen LogP contribution is -2.69. The summed E-state index contributed by atoms with van der Waals surface area (Å²) in [5.74, 6) is 1.85. The number of esters is 1. The number of likely N-dealkylation sites (N-methyl/N-ethyl adjacent to an activating group) is 1. The van der Waals surface area contributed by atoms with Crippen molar-refractivity contribution < 1.29 is 52.6 Å². The molecule has 3 aromatic rings. The molecule has 0 amide bonds. The third kappa shape index (κ3) is 6.65. The number of nitrogens with zero attached hydrogens (tertiary/aromatic N) is 3. The van der Waals surface area contributed by atoms with Crippen LogP contribution in [0.5, 0.6) is 40.2 Å². The fraction of sp³-hybridized carbons (Fsp3) is 0.543. The standard InChI is InChI=1S/C46H56N4O11/c1-12-56-40-24(4)41-42(59-21-58-41)35-30(20-57-43(52)46(8)27-18-31(54-10)32(17-25(27)13-14-48-46)60-44(53)61-45(5,6)7)50-29(19-47)28-16-26-15-22(2)39(55-11)38(51)34(26)37(49(28)9)36(50)23(3)33(35)40/h15,17-18,23,28-30,36-37,48,51H,12-14,16,20-21H2,1-11H3/t23-,28+,29+,30+,36?,37-,46-/m1/s1. The molecule has 5 heterocycles. The summed E-state index contributed by atoms with van der Waals surface area (Å²) >= 11 is 0. The van der Waals surface area contributed by atoms with Crippen LogP contribution in [0.4, 0.5) is 4.79 Å². The molecule has 1 unspecified atom stereocenters. The summed E-state index contributed by atoms with van der Waals surface area (Å²) in [6.45, 7) is 15.6. The second-order valence-corrected chi connectivity index (χ2v) is 17.8. The highest BCUT2D eigenvalue weighted by molar-refractivity contribution is 5.84. The largest absolute Gasteiger partial charge is 0.514 e. The van der Waals surface area contributed by atoms with Gasteiger partial charge in [-0.3, -0.25) is 15.1 Å². The Labute approximate surface area is 356 Å². The first-order chi connectivity index (χ1) is 29.0. The lowest BCUT2D eigenvalue weighted by Gasteiger charge is -2.61. The number of hydrogen-bond acceptors (Lipinski definition) is 15. The number of hydrogen-bond donors (Lipinski definition) is 2.